The van der Waals surface area contributed by atoms with E-state index in [-0.39, 0.29) is 5.17 Å². The lowest BCUT2D eigenvalue weighted by atomic mass is 10.4. The number of hydrogen-bond acceptors (Lipinski definition) is 4. The van der Waals surface area contributed by atoms with Gasteiger partial charge in [0.2, 0.25) is 9.83 Å². The Bertz CT molecular complexity index is 377. The van der Waals surface area contributed by atoms with Gasteiger partial charge in [-0.1, -0.05) is 34.8 Å². The van der Waals surface area contributed by atoms with Gasteiger partial charge in [-0.2, -0.15) is 0 Å². The Labute approximate surface area is 90.5 Å². The van der Waals surface area contributed by atoms with Crippen molar-refractivity contribution in [2.24, 2.45) is 9.98 Å². The van der Waals surface area contributed by atoms with E-state index in [9.17, 15) is 8.42 Å². The third kappa shape index (κ3) is 1.98. The van der Waals surface area contributed by atoms with Crippen LogP contribution in [0.3, 0.4) is 0 Å². The molecule has 0 radical (unpaired) electrons. The van der Waals surface area contributed by atoms with Gasteiger partial charge in [0.15, 0.2) is 9.84 Å². The van der Waals surface area contributed by atoms with Gasteiger partial charge in [0, 0.05) is 12.5 Å². The highest BCUT2D eigenvalue weighted by Crippen LogP contribution is 2.28. The summed E-state index contributed by atoms with van der Waals surface area (Å²) in [5, 5.41) is -0.285. The first kappa shape index (κ1) is 11.2. The first-order chi connectivity index (χ1) is 5.77. The molecule has 2 atom stereocenters. The van der Waals surface area contributed by atoms with Gasteiger partial charge in [0.1, 0.15) is 5.17 Å². The molecule has 1 rings (SSSR count). The van der Waals surface area contributed by atoms with Crippen molar-refractivity contribution < 1.29 is 8.42 Å². The second-order valence-electron chi connectivity index (χ2n) is 2.43. The van der Waals surface area contributed by atoms with Crippen LogP contribution in [-0.4, -0.2) is 35.9 Å². The Morgan fingerprint density at radius 3 is 2.54 bits per heavy atom. The topological polar surface area (TPSA) is 58.9 Å². The predicted molar refractivity (Wildman–Crippen MR) is 54.8 cm³/mol. The van der Waals surface area contributed by atoms with Crippen molar-refractivity contribution in [3.8, 4) is 0 Å². The molecule has 1 aliphatic heterocycles. The van der Waals surface area contributed by atoms with E-state index in [2.05, 4.69) is 9.98 Å². The standard InChI is InChI=1S/C5H5Cl3N2O2S/c1-13(11,12)5(8)2-9-4(7)10-3(5)6/h2,4H,1H3. The van der Waals surface area contributed by atoms with Gasteiger partial charge in [-0.25, -0.2) is 13.4 Å². The van der Waals surface area contributed by atoms with E-state index in [1.165, 1.54) is 0 Å². The number of alkyl halides is 2. The summed E-state index contributed by atoms with van der Waals surface area (Å²) in [7, 11) is -3.60. The maximum absolute atomic E-state index is 11.2. The van der Waals surface area contributed by atoms with Crippen LogP contribution < -0.4 is 0 Å². The van der Waals surface area contributed by atoms with Crippen molar-refractivity contribution in [2.45, 2.75) is 9.83 Å². The van der Waals surface area contributed by atoms with Gasteiger partial charge in [-0.15, -0.1) is 0 Å². The van der Waals surface area contributed by atoms with E-state index in [0.29, 0.717) is 0 Å². The number of hydrogen-bond donors (Lipinski definition) is 0. The first-order valence-electron chi connectivity index (χ1n) is 3.08. The minimum atomic E-state index is -3.60. The van der Waals surface area contributed by atoms with Gasteiger partial charge < -0.3 is 0 Å². The Morgan fingerprint density at radius 2 is 2.15 bits per heavy atom. The fourth-order valence-corrected chi connectivity index (χ4v) is 2.16. The van der Waals surface area contributed by atoms with E-state index in [0.717, 1.165) is 12.5 Å². The zero-order valence-corrected chi connectivity index (χ0v) is 9.49. The second kappa shape index (κ2) is 3.38. The monoisotopic (exact) mass is 262 g/mol. The van der Waals surface area contributed by atoms with E-state index >= 15 is 0 Å². The predicted octanol–water partition coefficient (Wildman–Crippen LogP) is 1.21. The van der Waals surface area contributed by atoms with E-state index in [1.54, 1.807) is 0 Å². The fraction of sp³-hybridized carbons (Fsp3) is 0.600. The number of halogens is 3. The minimum absolute atomic E-state index is 0.285. The van der Waals surface area contributed by atoms with Gasteiger partial charge in [0.25, 0.3) is 0 Å². The average Bonchev–Trinajstić information content (AvgIpc) is 1.95. The van der Waals surface area contributed by atoms with Crippen LogP contribution in [0.2, 0.25) is 0 Å². The molecular formula is C5H5Cl3N2O2S. The SMILES string of the molecule is CS(=O)(=O)C1(Cl)C=NC(Cl)N=C1Cl. The van der Waals surface area contributed by atoms with Gasteiger partial charge in [-0.3, -0.25) is 4.99 Å². The molecule has 0 saturated heterocycles. The van der Waals surface area contributed by atoms with Crippen molar-refractivity contribution >= 4 is 56.0 Å². The fourth-order valence-electron chi connectivity index (χ4n) is 0.674. The molecule has 1 heterocycles. The van der Waals surface area contributed by atoms with Gasteiger partial charge in [-0.05, 0) is 0 Å². The van der Waals surface area contributed by atoms with Crippen LogP contribution in [0.25, 0.3) is 0 Å². The molecule has 0 N–H and O–H groups in total. The number of sulfone groups is 1. The molecule has 1 aliphatic rings. The Morgan fingerprint density at radius 1 is 1.62 bits per heavy atom. The third-order valence-corrected chi connectivity index (χ3v) is 4.71. The smallest absolute Gasteiger partial charge is 0.231 e. The number of rotatable bonds is 1. The average molecular weight is 264 g/mol. The molecule has 0 bridgehead atoms. The second-order valence-corrected chi connectivity index (χ2v) is 6.18. The van der Waals surface area contributed by atoms with Crippen molar-refractivity contribution in [1.82, 2.24) is 0 Å². The van der Waals surface area contributed by atoms with Crippen LogP contribution in [0.5, 0.6) is 0 Å². The van der Waals surface area contributed by atoms with E-state index in [1.807, 2.05) is 0 Å². The first-order valence-corrected chi connectivity index (χ1v) is 6.16. The molecule has 0 spiro atoms. The Balaban J connectivity index is 3.22. The van der Waals surface area contributed by atoms with Crippen molar-refractivity contribution in [3.63, 3.8) is 0 Å². The molecule has 0 amide bonds. The summed E-state index contributed by atoms with van der Waals surface area (Å²) in [5.74, 6) is 0. The lowest BCUT2D eigenvalue weighted by Gasteiger charge is -2.22. The summed E-state index contributed by atoms with van der Waals surface area (Å²) >= 11 is 16.7. The molecule has 13 heavy (non-hydrogen) atoms. The molecule has 0 aromatic rings. The van der Waals surface area contributed by atoms with Gasteiger partial charge >= 0.3 is 0 Å². The summed E-state index contributed by atoms with van der Waals surface area (Å²) in [5.41, 5.74) is -0.902. The lowest BCUT2D eigenvalue weighted by Crippen LogP contribution is -2.42. The molecule has 4 nitrogen and oxygen atoms in total. The van der Waals surface area contributed by atoms with Crippen LogP contribution in [0.4, 0.5) is 0 Å². The van der Waals surface area contributed by atoms with Crippen LogP contribution in [0, 0.1) is 0 Å². The van der Waals surface area contributed by atoms with E-state index < -0.39 is 19.7 Å². The summed E-state index contributed by atoms with van der Waals surface area (Å²) in [4.78, 5) is 7.10. The highest BCUT2D eigenvalue weighted by molar-refractivity contribution is 7.95. The summed E-state index contributed by atoms with van der Waals surface area (Å²) in [6, 6.07) is 0. The maximum Gasteiger partial charge on any atom is 0.231 e. The highest BCUT2D eigenvalue weighted by atomic mass is 35.5. The molecule has 0 saturated carbocycles. The number of aliphatic imine (C=N–C) groups is 2. The van der Waals surface area contributed by atoms with Crippen LogP contribution in [0.1, 0.15) is 0 Å². The number of nitrogens with zero attached hydrogens (tertiary/aromatic N) is 2. The quantitative estimate of drug-likeness (QED) is 0.527. The van der Waals surface area contributed by atoms with Gasteiger partial charge in [0.05, 0.1) is 0 Å². The molecule has 0 aromatic heterocycles. The summed E-state index contributed by atoms with van der Waals surface area (Å²) in [6.07, 6.45) is 1.93. The molecule has 74 valence electrons. The maximum atomic E-state index is 11.2. The van der Waals surface area contributed by atoms with Crippen molar-refractivity contribution in [1.29, 1.82) is 0 Å². The Hall–Kier alpha value is 0.160. The third-order valence-electron chi connectivity index (χ3n) is 1.40. The largest absolute Gasteiger partial charge is 0.252 e. The summed E-state index contributed by atoms with van der Waals surface area (Å²) in [6.45, 7) is 0. The minimum Gasteiger partial charge on any atom is -0.252 e. The molecular weight excluding hydrogens is 258 g/mol. The normalized spacial score (nSPS) is 34.5. The van der Waals surface area contributed by atoms with Crippen LogP contribution >= 0.6 is 34.8 Å². The highest BCUT2D eigenvalue weighted by Gasteiger charge is 2.44. The molecule has 0 fully saturated rings. The zero-order valence-electron chi connectivity index (χ0n) is 6.41. The molecule has 2 unspecified atom stereocenters. The Kier molecular flexibility index (Phi) is 2.92. The summed E-state index contributed by atoms with van der Waals surface area (Å²) < 4.78 is 20.5. The van der Waals surface area contributed by atoms with Crippen LogP contribution in [0.15, 0.2) is 9.98 Å². The van der Waals surface area contributed by atoms with Crippen LogP contribution in [-0.2, 0) is 9.84 Å². The zero-order chi connectivity index (χ0) is 10.3. The molecule has 8 heteroatoms. The molecule has 0 aromatic carbocycles. The molecule has 0 aliphatic carbocycles. The van der Waals surface area contributed by atoms with E-state index in [4.69, 9.17) is 34.8 Å². The van der Waals surface area contributed by atoms with Crippen molar-refractivity contribution in [3.05, 3.63) is 0 Å². The lowest BCUT2D eigenvalue weighted by molar-refractivity contribution is 0.600. The van der Waals surface area contributed by atoms with Crippen molar-refractivity contribution in [2.75, 3.05) is 6.26 Å².